The van der Waals surface area contributed by atoms with E-state index in [0.29, 0.717) is 17.2 Å². The fourth-order valence-electron chi connectivity index (χ4n) is 2.24. The average Bonchev–Trinajstić information content (AvgIpc) is 2.39. The number of nitrogens with zero attached hydrogens (tertiary/aromatic N) is 2. The molecule has 17 heavy (non-hydrogen) atoms. The van der Waals surface area contributed by atoms with Gasteiger partial charge in [0, 0.05) is 19.7 Å². The molecule has 1 aromatic carbocycles. The molecule has 1 fully saturated rings. The standard InChI is InChI=1S/C13H17N3O/c14-8-11-1-2-12(15)13(7-11)16-5-3-10(9-17)4-6-16/h1-2,7,10,17H,3-6,9,15H2. The first-order chi connectivity index (χ1) is 8.24. The summed E-state index contributed by atoms with van der Waals surface area (Å²) in [4.78, 5) is 2.20. The third kappa shape index (κ3) is 2.51. The van der Waals surface area contributed by atoms with Gasteiger partial charge < -0.3 is 15.7 Å². The van der Waals surface area contributed by atoms with Gasteiger partial charge in [0.05, 0.1) is 23.0 Å². The number of aliphatic hydroxyl groups is 1. The third-order valence-corrected chi connectivity index (χ3v) is 3.37. The van der Waals surface area contributed by atoms with Gasteiger partial charge in [-0.05, 0) is 37.0 Å². The Balaban J connectivity index is 2.15. The molecular formula is C13H17N3O. The van der Waals surface area contributed by atoms with Gasteiger partial charge >= 0.3 is 0 Å². The molecule has 4 nitrogen and oxygen atoms in total. The highest BCUT2D eigenvalue weighted by molar-refractivity contribution is 5.69. The van der Waals surface area contributed by atoms with Gasteiger partial charge in [-0.25, -0.2) is 0 Å². The molecule has 0 saturated carbocycles. The zero-order chi connectivity index (χ0) is 12.3. The number of nitrogen functional groups attached to an aromatic ring is 1. The monoisotopic (exact) mass is 231 g/mol. The van der Waals surface area contributed by atoms with Crippen molar-refractivity contribution in [2.75, 3.05) is 30.3 Å². The number of hydrogen-bond donors (Lipinski definition) is 2. The summed E-state index contributed by atoms with van der Waals surface area (Å²) in [5, 5.41) is 18.0. The van der Waals surface area contributed by atoms with Crippen molar-refractivity contribution >= 4 is 11.4 Å². The van der Waals surface area contributed by atoms with Crippen LogP contribution in [0.5, 0.6) is 0 Å². The number of piperidine rings is 1. The van der Waals surface area contributed by atoms with E-state index in [2.05, 4.69) is 11.0 Å². The lowest BCUT2D eigenvalue weighted by atomic mass is 9.97. The van der Waals surface area contributed by atoms with E-state index in [1.54, 1.807) is 12.1 Å². The van der Waals surface area contributed by atoms with Crippen molar-refractivity contribution in [3.05, 3.63) is 23.8 Å². The fourth-order valence-corrected chi connectivity index (χ4v) is 2.24. The van der Waals surface area contributed by atoms with E-state index in [1.165, 1.54) is 0 Å². The Labute approximate surface area is 101 Å². The molecule has 0 amide bonds. The van der Waals surface area contributed by atoms with Crippen LogP contribution in [0.4, 0.5) is 11.4 Å². The molecular weight excluding hydrogens is 214 g/mol. The Morgan fingerprint density at radius 2 is 2.12 bits per heavy atom. The van der Waals surface area contributed by atoms with Crippen LogP contribution in [0, 0.1) is 17.2 Å². The highest BCUT2D eigenvalue weighted by Crippen LogP contribution is 2.28. The third-order valence-electron chi connectivity index (χ3n) is 3.37. The summed E-state index contributed by atoms with van der Waals surface area (Å²) in [5.41, 5.74) is 8.24. The highest BCUT2D eigenvalue weighted by atomic mass is 16.3. The molecule has 1 saturated heterocycles. The van der Waals surface area contributed by atoms with Crippen molar-refractivity contribution in [2.45, 2.75) is 12.8 Å². The summed E-state index contributed by atoms with van der Waals surface area (Å²) in [6.07, 6.45) is 1.96. The van der Waals surface area contributed by atoms with Crippen LogP contribution in [0.25, 0.3) is 0 Å². The second kappa shape index (κ2) is 5.07. The summed E-state index contributed by atoms with van der Waals surface area (Å²) >= 11 is 0. The van der Waals surface area contributed by atoms with Crippen LogP contribution in [0.15, 0.2) is 18.2 Å². The quantitative estimate of drug-likeness (QED) is 0.753. The second-order valence-electron chi connectivity index (χ2n) is 4.50. The summed E-state index contributed by atoms with van der Waals surface area (Å²) in [6, 6.07) is 7.49. The Morgan fingerprint density at radius 3 is 2.71 bits per heavy atom. The molecule has 2 rings (SSSR count). The van der Waals surface area contributed by atoms with Crippen LogP contribution in [0.1, 0.15) is 18.4 Å². The predicted molar refractivity (Wildman–Crippen MR) is 67.6 cm³/mol. The van der Waals surface area contributed by atoms with Gasteiger partial charge in [0.25, 0.3) is 0 Å². The molecule has 0 spiro atoms. The second-order valence-corrected chi connectivity index (χ2v) is 4.50. The van der Waals surface area contributed by atoms with Gasteiger partial charge in [0.15, 0.2) is 0 Å². The van der Waals surface area contributed by atoms with Gasteiger partial charge in [0.1, 0.15) is 0 Å². The van der Waals surface area contributed by atoms with Crippen LogP contribution in [0.3, 0.4) is 0 Å². The van der Waals surface area contributed by atoms with Crippen molar-refractivity contribution in [3.63, 3.8) is 0 Å². The Hall–Kier alpha value is -1.73. The van der Waals surface area contributed by atoms with Gasteiger partial charge in [-0.3, -0.25) is 0 Å². The number of aliphatic hydroxyl groups excluding tert-OH is 1. The molecule has 1 aromatic rings. The highest BCUT2D eigenvalue weighted by Gasteiger charge is 2.20. The molecule has 1 heterocycles. The van der Waals surface area contributed by atoms with Crippen LogP contribution in [-0.4, -0.2) is 24.8 Å². The van der Waals surface area contributed by atoms with E-state index in [1.807, 2.05) is 6.07 Å². The van der Waals surface area contributed by atoms with E-state index in [9.17, 15) is 0 Å². The maximum absolute atomic E-state index is 9.10. The van der Waals surface area contributed by atoms with E-state index >= 15 is 0 Å². The van der Waals surface area contributed by atoms with Crippen molar-refractivity contribution < 1.29 is 5.11 Å². The number of nitriles is 1. The lowest BCUT2D eigenvalue weighted by Gasteiger charge is -2.33. The lowest BCUT2D eigenvalue weighted by molar-refractivity contribution is 0.203. The number of benzene rings is 1. The minimum absolute atomic E-state index is 0.265. The first-order valence-corrected chi connectivity index (χ1v) is 5.90. The van der Waals surface area contributed by atoms with Crippen LogP contribution in [-0.2, 0) is 0 Å². The molecule has 0 aliphatic carbocycles. The topological polar surface area (TPSA) is 73.3 Å². The zero-order valence-electron chi connectivity index (χ0n) is 9.76. The summed E-state index contributed by atoms with van der Waals surface area (Å²) < 4.78 is 0. The fraction of sp³-hybridized carbons (Fsp3) is 0.462. The number of nitrogens with two attached hydrogens (primary N) is 1. The first-order valence-electron chi connectivity index (χ1n) is 5.90. The molecule has 90 valence electrons. The summed E-state index contributed by atoms with van der Waals surface area (Å²) in [7, 11) is 0. The maximum Gasteiger partial charge on any atom is 0.0992 e. The van der Waals surface area contributed by atoms with Crippen molar-refractivity contribution in [3.8, 4) is 6.07 Å². The summed E-state index contributed by atoms with van der Waals surface area (Å²) in [5.74, 6) is 0.409. The first kappa shape index (κ1) is 11.7. The van der Waals surface area contributed by atoms with Gasteiger partial charge in [-0.2, -0.15) is 5.26 Å². The summed E-state index contributed by atoms with van der Waals surface area (Å²) in [6.45, 7) is 2.05. The Kier molecular flexibility index (Phi) is 3.50. The Bertz CT molecular complexity index is 431. The van der Waals surface area contributed by atoms with Gasteiger partial charge in [-0.1, -0.05) is 0 Å². The van der Waals surface area contributed by atoms with Gasteiger partial charge in [0.2, 0.25) is 0 Å². The van der Waals surface area contributed by atoms with Crippen molar-refractivity contribution in [1.82, 2.24) is 0 Å². The zero-order valence-corrected chi connectivity index (χ0v) is 9.76. The SMILES string of the molecule is N#Cc1ccc(N)c(N2CCC(CO)CC2)c1. The van der Waals surface area contributed by atoms with Crippen molar-refractivity contribution in [1.29, 1.82) is 5.26 Å². The number of hydrogen-bond acceptors (Lipinski definition) is 4. The molecule has 0 aromatic heterocycles. The molecule has 3 N–H and O–H groups in total. The number of rotatable bonds is 2. The number of anilines is 2. The smallest absolute Gasteiger partial charge is 0.0992 e. The van der Waals surface area contributed by atoms with Crippen LogP contribution >= 0.6 is 0 Å². The van der Waals surface area contributed by atoms with Crippen LogP contribution < -0.4 is 10.6 Å². The minimum atomic E-state index is 0.265. The molecule has 1 aliphatic heterocycles. The van der Waals surface area contributed by atoms with E-state index < -0.39 is 0 Å². The largest absolute Gasteiger partial charge is 0.397 e. The maximum atomic E-state index is 9.10. The molecule has 1 aliphatic rings. The molecule has 0 atom stereocenters. The van der Waals surface area contributed by atoms with E-state index in [4.69, 9.17) is 16.1 Å². The molecule has 0 radical (unpaired) electrons. The normalized spacial score (nSPS) is 16.8. The van der Waals surface area contributed by atoms with E-state index in [0.717, 1.165) is 31.6 Å². The van der Waals surface area contributed by atoms with Crippen LogP contribution in [0.2, 0.25) is 0 Å². The predicted octanol–water partition coefficient (Wildman–Crippen LogP) is 1.35. The average molecular weight is 231 g/mol. The molecule has 4 heteroatoms. The Morgan fingerprint density at radius 1 is 1.41 bits per heavy atom. The molecule has 0 unspecified atom stereocenters. The van der Waals surface area contributed by atoms with Gasteiger partial charge in [-0.15, -0.1) is 0 Å². The molecule has 0 bridgehead atoms. The van der Waals surface area contributed by atoms with Crippen molar-refractivity contribution in [2.24, 2.45) is 5.92 Å². The lowest BCUT2D eigenvalue weighted by Crippen LogP contribution is -2.35. The van der Waals surface area contributed by atoms with E-state index in [-0.39, 0.29) is 6.61 Å². The minimum Gasteiger partial charge on any atom is -0.397 e.